The Labute approximate surface area is 146 Å². The molecule has 1 aromatic carbocycles. The number of methoxy groups -OCH3 is 1. The number of rotatable bonds is 3. The summed E-state index contributed by atoms with van der Waals surface area (Å²) in [5.74, 6) is 0.796. The van der Waals surface area contributed by atoms with E-state index in [-0.39, 0.29) is 17.4 Å². The van der Waals surface area contributed by atoms with Gasteiger partial charge in [-0.05, 0) is 36.1 Å². The van der Waals surface area contributed by atoms with E-state index in [9.17, 15) is 4.79 Å². The number of piperidine rings is 1. The standard InChI is InChI=1S/C18H23N3O2S/c1-18(2)11-21(9-8-15(18)19)17(22)14-10-24-16(20-14)12-4-6-13(23-3)7-5-12/h4-7,10,15H,8-9,11,19H2,1-3H3. The molecule has 1 atom stereocenters. The first kappa shape index (κ1) is 16.9. The molecule has 1 aromatic heterocycles. The summed E-state index contributed by atoms with van der Waals surface area (Å²) in [6, 6.07) is 7.83. The van der Waals surface area contributed by atoms with Gasteiger partial charge < -0.3 is 15.4 Å². The third kappa shape index (κ3) is 3.30. The van der Waals surface area contributed by atoms with Crippen LogP contribution in [0.15, 0.2) is 29.6 Å². The lowest BCUT2D eigenvalue weighted by atomic mass is 9.79. The van der Waals surface area contributed by atoms with Crippen LogP contribution in [0, 0.1) is 5.41 Å². The van der Waals surface area contributed by atoms with Crippen molar-refractivity contribution < 1.29 is 9.53 Å². The number of benzene rings is 1. The summed E-state index contributed by atoms with van der Waals surface area (Å²) in [6.07, 6.45) is 0.828. The van der Waals surface area contributed by atoms with Crippen LogP contribution in [0.1, 0.15) is 30.8 Å². The first-order valence-corrected chi connectivity index (χ1v) is 8.93. The average Bonchev–Trinajstić information content (AvgIpc) is 3.06. The lowest BCUT2D eigenvalue weighted by molar-refractivity contribution is 0.0528. The van der Waals surface area contributed by atoms with E-state index in [2.05, 4.69) is 18.8 Å². The van der Waals surface area contributed by atoms with Gasteiger partial charge in [-0.1, -0.05) is 13.8 Å². The first-order valence-electron chi connectivity index (χ1n) is 8.05. The zero-order valence-corrected chi connectivity index (χ0v) is 15.1. The fourth-order valence-corrected chi connectivity index (χ4v) is 3.75. The quantitative estimate of drug-likeness (QED) is 0.928. The molecule has 1 aliphatic heterocycles. The Bertz CT molecular complexity index is 724. The van der Waals surface area contributed by atoms with Crippen molar-refractivity contribution in [3.05, 3.63) is 35.3 Å². The molecule has 0 aliphatic carbocycles. The number of ether oxygens (including phenoxy) is 1. The number of nitrogens with zero attached hydrogens (tertiary/aromatic N) is 2. The van der Waals surface area contributed by atoms with Gasteiger partial charge in [0.25, 0.3) is 5.91 Å². The molecule has 1 amide bonds. The number of aromatic nitrogens is 1. The van der Waals surface area contributed by atoms with Gasteiger partial charge in [0, 0.05) is 30.1 Å². The number of nitrogens with two attached hydrogens (primary N) is 1. The molecule has 0 radical (unpaired) electrons. The van der Waals surface area contributed by atoms with E-state index in [0.29, 0.717) is 18.8 Å². The van der Waals surface area contributed by atoms with E-state index in [1.807, 2.05) is 34.5 Å². The molecule has 24 heavy (non-hydrogen) atoms. The Kier molecular flexibility index (Phi) is 4.60. The second kappa shape index (κ2) is 6.53. The molecule has 2 N–H and O–H groups in total. The Morgan fingerprint density at radius 3 is 2.71 bits per heavy atom. The molecule has 2 aromatic rings. The average molecular weight is 345 g/mol. The van der Waals surface area contributed by atoms with Crippen molar-refractivity contribution in [1.82, 2.24) is 9.88 Å². The minimum atomic E-state index is -0.0667. The molecule has 1 unspecified atom stereocenters. The minimum absolute atomic E-state index is 0.00835. The fraction of sp³-hybridized carbons (Fsp3) is 0.444. The molecule has 0 bridgehead atoms. The maximum Gasteiger partial charge on any atom is 0.273 e. The van der Waals surface area contributed by atoms with Crippen LogP contribution >= 0.6 is 11.3 Å². The molecule has 0 saturated carbocycles. The van der Waals surface area contributed by atoms with Crippen molar-refractivity contribution in [1.29, 1.82) is 0 Å². The maximum absolute atomic E-state index is 12.7. The van der Waals surface area contributed by atoms with E-state index in [1.165, 1.54) is 11.3 Å². The molecule has 1 saturated heterocycles. The van der Waals surface area contributed by atoms with Crippen LogP contribution < -0.4 is 10.5 Å². The predicted molar refractivity (Wildman–Crippen MR) is 96.4 cm³/mol. The molecular weight excluding hydrogens is 322 g/mol. The molecule has 0 spiro atoms. The van der Waals surface area contributed by atoms with Crippen LogP contribution in [0.3, 0.4) is 0 Å². The van der Waals surface area contributed by atoms with Gasteiger partial charge in [0.1, 0.15) is 16.5 Å². The highest BCUT2D eigenvalue weighted by atomic mass is 32.1. The highest BCUT2D eigenvalue weighted by molar-refractivity contribution is 7.13. The van der Waals surface area contributed by atoms with Crippen molar-refractivity contribution in [2.75, 3.05) is 20.2 Å². The summed E-state index contributed by atoms with van der Waals surface area (Å²) in [5.41, 5.74) is 7.59. The smallest absolute Gasteiger partial charge is 0.273 e. The van der Waals surface area contributed by atoms with E-state index in [1.54, 1.807) is 7.11 Å². The Balaban J connectivity index is 1.76. The van der Waals surface area contributed by atoms with Gasteiger partial charge in [-0.2, -0.15) is 0 Å². The minimum Gasteiger partial charge on any atom is -0.497 e. The first-order chi connectivity index (χ1) is 11.4. The van der Waals surface area contributed by atoms with Gasteiger partial charge in [-0.3, -0.25) is 4.79 Å². The SMILES string of the molecule is COc1ccc(-c2nc(C(=O)N3CCC(N)C(C)(C)C3)cs2)cc1. The zero-order valence-electron chi connectivity index (χ0n) is 14.3. The number of carbonyl (C=O) groups excluding carboxylic acids is 1. The fourth-order valence-electron chi connectivity index (χ4n) is 2.95. The van der Waals surface area contributed by atoms with Gasteiger partial charge >= 0.3 is 0 Å². The van der Waals surface area contributed by atoms with Crippen molar-refractivity contribution >= 4 is 17.2 Å². The van der Waals surface area contributed by atoms with Gasteiger partial charge in [0.15, 0.2) is 0 Å². The Hall–Kier alpha value is -1.92. The molecule has 1 fully saturated rings. The monoisotopic (exact) mass is 345 g/mol. The molecule has 128 valence electrons. The van der Waals surface area contributed by atoms with Gasteiger partial charge in [0.2, 0.25) is 0 Å². The second-order valence-electron chi connectivity index (χ2n) is 6.88. The number of carbonyl (C=O) groups is 1. The van der Waals surface area contributed by atoms with Gasteiger partial charge in [0.05, 0.1) is 7.11 Å². The summed E-state index contributed by atoms with van der Waals surface area (Å²) >= 11 is 1.48. The lowest BCUT2D eigenvalue weighted by Crippen LogP contribution is -2.54. The van der Waals surface area contributed by atoms with Crippen LogP contribution in [0.2, 0.25) is 0 Å². The molecule has 3 rings (SSSR count). The van der Waals surface area contributed by atoms with Crippen molar-refractivity contribution in [2.45, 2.75) is 26.3 Å². The topological polar surface area (TPSA) is 68.5 Å². The number of likely N-dealkylation sites (tertiary alicyclic amines) is 1. The van der Waals surface area contributed by atoms with Crippen LogP contribution in [0.25, 0.3) is 10.6 Å². The molecule has 6 heteroatoms. The van der Waals surface area contributed by atoms with E-state index < -0.39 is 0 Å². The summed E-state index contributed by atoms with van der Waals surface area (Å²) in [6.45, 7) is 5.59. The zero-order chi connectivity index (χ0) is 17.3. The van der Waals surface area contributed by atoms with E-state index in [0.717, 1.165) is 22.7 Å². The maximum atomic E-state index is 12.7. The molecule has 2 heterocycles. The number of thiazole rings is 1. The highest BCUT2D eigenvalue weighted by Gasteiger charge is 2.36. The van der Waals surface area contributed by atoms with Gasteiger partial charge in [-0.25, -0.2) is 4.98 Å². The van der Waals surface area contributed by atoms with Crippen LogP contribution in [0.4, 0.5) is 0 Å². The molecule has 5 nitrogen and oxygen atoms in total. The van der Waals surface area contributed by atoms with Gasteiger partial charge in [-0.15, -0.1) is 11.3 Å². The summed E-state index contributed by atoms with van der Waals surface area (Å²) in [4.78, 5) is 19.2. The Morgan fingerprint density at radius 1 is 1.38 bits per heavy atom. The summed E-state index contributed by atoms with van der Waals surface area (Å²) in [7, 11) is 1.64. The lowest BCUT2D eigenvalue weighted by Gasteiger charge is -2.42. The van der Waals surface area contributed by atoms with Crippen molar-refractivity contribution in [3.63, 3.8) is 0 Å². The van der Waals surface area contributed by atoms with Crippen LogP contribution in [-0.2, 0) is 0 Å². The van der Waals surface area contributed by atoms with Crippen LogP contribution in [0.5, 0.6) is 5.75 Å². The Morgan fingerprint density at radius 2 is 2.08 bits per heavy atom. The number of hydrogen-bond donors (Lipinski definition) is 1. The molecular formula is C18H23N3O2S. The second-order valence-corrected chi connectivity index (χ2v) is 7.73. The normalized spacial score (nSPS) is 20.0. The van der Waals surface area contributed by atoms with E-state index >= 15 is 0 Å². The van der Waals surface area contributed by atoms with Crippen molar-refractivity contribution in [2.24, 2.45) is 11.1 Å². The summed E-state index contributed by atoms with van der Waals surface area (Å²) < 4.78 is 5.17. The largest absolute Gasteiger partial charge is 0.497 e. The van der Waals surface area contributed by atoms with E-state index in [4.69, 9.17) is 10.5 Å². The number of amides is 1. The molecule has 1 aliphatic rings. The summed E-state index contributed by atoms with van der Waals surface area (Å²) in [5, 5.41) is 2.68. The van der Waals surface area contributed by atoms with Crippen LogP contribution in [-0.4, -0.2) is 42.0 Å². The highest BCUT2D eigenvalue weighted by Crippen LogP contribution is 2.30. The van der Waals surface area contributed by atoms with Crippen molar-refractivity contribution in [3.8, 4) is 16.3 Å². The third-order valence-electron chi connectivity index (χ3n) is 4.66. The number of hydrogen-bond acceptors (Lipinski definition) is 5. The predicted octanol–water partition coefficient (Wildman–Crippen LogP) is 3.02. The third-order valence-corrected chi connectivity index (χ3v) is 5.55.